The van der Waals surface area contributed by atoms with Crippen molar-refractivity contribution in [2.75, 3.05) is 20.8 Å². The fraction of sp³-hybridized carbons (Fsp3) is 0.316. The van der Waals surface area contributed by atoms with Gasteiger partial charge in [-0.2, -0.15) is 0 Å². The number of carbonyl (C=O) groups excluding carboxylic acids is 1. The first-order chi connectivity index (χ1) is 12.3. The van der Waals surface area contributed by atoms with Gasteiger partial charge in [-0.25, -0.2) is 9.78 Å². The maximum Gasteiger partial charge on any atom is 0.354 e. The summed E-state index contributed by atoms with van der Waals surface area (Å²) in [6.07, 6.45) is 1.25. The van der Waals surface area contributed by atoms with Gasteiger partial charge in [-0.1, -0.05) is 19.9 Å². The molecule has 0 aliphatic heterocycles. The number of hydrogen-bond acceptors (Lipinski definition) is 5. The molecule has 7 heteroatoms. The van der Waals surface area contributed by atoms with Gasteiger partial charge in [0.25, 0.3) is 5.91 Å². The van der Waals surface area contributed by atoms with E-state index >= 15 is 0 Å². The number of aromatic nitrogens is 1. The molecule has 0 saturated heterocycles. The van der Waals surface area contributed by atoms with Crippen molar-refractivity contribution in [2.45, 2.75) is 19.3 Å². The summed E-state index contributed by atoms with van der Waals surface area (Å²) in [5.41, 5.74) is 0.823. The molecule has 1 heterocycles. The third-order valence-corrected chi connectivity index (χ3v) is 4.10. The van der Waals surface area contributed by atoms with Crippen LogP contribution in [0.15, 0.2) is 36.5 Å². The molecule has 0 atom stereocenters. The minimum Gasteiger partial charge on any atom is -0.493 e. The monoisotopic (exact) mass is 358 g/mol. The van der Waals surface area contributed by atoms with Crippen LogP contribution in [0.2, 0.25) is 0 Å². The zero-order chi connectivity index (χ0) is 19.3. The van der Waals surface area contributed by atoms with Crippen molar-refractivity contribution in [3.8, 4) is 11.5 Å². The predicted octanol–water partition coefficient (Wildman–Crippen LogP) is 2.50. The van der Waals surface area contributed by atoms with Crippen molar-refractivity contribution in [3.63, 3.8) is 0 Å². The highest BCUT2D eigenvalue weighted by Gasteiger charge is 2.23. The Hall–Kier alpha value is -3.09. The SMILES string of the molecule is COc1ccc(C(C)(C)CNC(=O)c2ccc(C(=O)O)nc2)cc1OC. The molecular formula is C19H22N2O5. The van der Waals surface area contributed by atoms with E-state index in [0.29, 0.717) is 23.6 Å². The molecule has 0 aliphatic rings. The summed E-state index contributed by atoms with van der Waals surface area (Å²) in [5.74, 6) is -0.187. The molecule has 0 spiro atoms. The van der Waals surface area contributed by atoms with E-state index in [1.165, 1.54) is 18.3 Å². The van der Waals surface area contributed by atoms with E-state index in [9.17, 15) is 9.59 Å². The summed E-state index contributed by atoms with van der Waals surface area (Å²) in [5, 5.41) is 11.7. The van der Waals surface area contributed by atoms with Gasteiger partial charge in [-0.3, -0.25) is 4.79 Å². The standard InChI is InChI=1S/C19H22N2O5/c1-19(2,13-6-8-15(25-3)16(9-13)26-4)11-21-17(22)12-5-7-14(18(23)24)20-10-12/h5-10H,11H2,1-4H3,(H,21,22)(H,23,24). The number of carbonyl (C=O) groups is 2. The number of benzene rings is 1. The van der Waals surface area contributed by atoms with Crippen LogP contribution in [0.25, 0.3) is 0 Å². The Labute approximate surface area is 152 Å². The molecule has 7 nitrogen and oxygen atoms in total. The number of amides is 1. The number of carboxylic acids is 1. The number of rotatable bonds is 7. The first-order valence-corrected chi connectivity index (χ1v) is 7.98. The van der Waals surface area contributed by atoms with E-state index in [1.54, 1.807) is 14.2 Å². The fourth-order valence-corrected chi connectivity index (χ4v) is 2.42. The molecule has 1 aromatic carbocycles. The second-order valence-electron chi connectivity index (χ2n) is 6.37. The summed E-state index contributed by atoms with van der Waals surface area (Å²) in [7, 11) is 3.15. The Morgan fingerprint density at radius 3 is 2.35 bits per heavy atom. The first kappa shape index (κ1) is 19.2. The van der Waals surface area contributed by atoms with Crippen molar-refractivity contribution in [2.24, 2.45) is 0 Å². The summed E-state index contributed by atoms with van der Waals surface area (Å²) in [4.78, 5) is 26.8. The average Bonchev–Trinajstić information content (AvgIpc) is 2.65. The molecule has 2 N–H and O–H groups in total. The lowest BCUT2D eigenvalue weighted by atomic mass is 9.84. The maximum atomic E-state index is 12.3. The highest BCUT2D eigenvalue weighted by atomic mass is 16.5. The van der Waals surface area contributed by atoms with Gasteiger partial charge >= 0.3 is 5.97 Å². The fourth-order valence-electron chi connectivity index (χ4n) is 2.42. The largest absolute Gasteiger partial charge is 0.493 e. The van der Waals surface area contributed by atoms with Crippen molar-refractivity contribution in [3.05, 3.63) is 53.3 Å². The highest BCUT2D eigenvalue weighted by Crippen LogP contribution is 2.32. The molecule has 138 valence electrons. The number of methoxy groups -OCH3 is 2. The summed E-state index contributed by atoms with van der Waals surface area (Å²) >= 11 is 0. The zero-order valence-corrected chi connectivity index (χ0v) is 15.2. The van der Waals surface area contributed by atoms with Gasteiger partial charge in [-0.05, 0) is 29.8 Å². The summed E-state index contributed by atoms with van der Waals surface area (Å²) in [6.45, 7) is 4.38. The first-order valence-electron chi connectivity index (χ1n) is 7.98. The van der Waals surface area contributed by atoms with Crippen LogP contribution in [-0.2, 0) is 5.41 Å². The molecule has 0 unspecified atom stereocenters. The van der Waals surface area contributed by atoms with Crippen LogP contribution in [0, 0.1) is 0 Å². The molecule has 0 bridgehead atoms. The lowest BCUT2D eigenvalue weighted by molar-refractivity contribution is 0.0689. The Morgan fingerprint density at radius 1 is 1.12 bits per heavy atom. The van der Waals surface area contributed by atoms with E-state index in [4.69, 9.17) is 14.6 Å². The molecule has 2 aromatic rings. The molecule has 1 amide bonds. The predicted molar refractivity (Wildman–Crippen MR) is 96.1 cm³/mol. The van der Waals surface area contributed by atoms with Gasteiger partial charge in [-0.15, -0.1) is 0 Å². The van der Waals surface area contributed by atoms with E-state index in [1.807, 2.05) is 32.0 Å². The number of pyridine rings is 1. The minimum absolute atomic E-state index is 0.104. The number of nitrogens with one attached hydrogen (secondary N) is 1. The molecule has 26 heavy (non-hydrogen) atoms. The van der Waals surface area contributed by atoms with Gasteiger partial charge in [0.05, 0.1) is 19.8 Å². The topological polar surface area (TPSA) is 97.8 Å². The van der Waals surface area contributed by atoms with Gasteiger partial charge in [0.2, 0.25) is 0 Å². The van der Waals surface area contributed by atoms with Crippen LogP contribution >= 0.6 is 0 Å². The molecule has 2 rings (SSSR count). The lowest BCUT2D eigenvalue weighted by Crippen LogP contribution is -2.36. The smallest absolute Gasteiger partial charge is 0.354 e. The number of carboxylic acid groups (broad SMARTS) is 1. The Bertz CT molecular complexity index is 800. The zero-order valence-electron chi connectivity index (χ0n) is 15.2. The van der Waals surface area contributed by atoms with Crippen LogP contribution < -0.4 is 14.8 Å². The lowest BCUT2D eigenvalue weighted by Gasteiger charge is -2.26. The molecule has 0 saturated carbocycles. The summed E-state index contributed by atoms with van der Waals surface area (Å²) in [6, 6.07) is 8.38. The Morgan fingerprint density at radius 2 is 1.81 bits per heavy atom. The molecular weight excluding hydrogens is 336 g/mol. The van der Waals surface area contributed by atoms with E-state index in [0.717, 1.165) is 5.56 Å². The van der Waals surface area contributed by atoms with Gasteiger partial charge in [0.15, 0.2) is 11.5 Å². The number of hydrogen-bond donors (Lipinski definition) is 2. The molecule has 0 aliphatic carbocycles. The summed E-state index contributed by atoms with van der Waals surface area (Å²) < 4.78 is 10.6. The van der Waals surface area contributed by atoms with Gasteiger partial charge < -0.3 is 19.9 Å². The highest BCUT2D eigenvalue weighted by molar-refractivity contribution is 5.94. The number of ether oxygens (including phenoxy) is 2. The third-order valence-electron chi connectivity index (χ3n) is 4.10. The van der Waals surface area contributed by atoms with Crippen molar-refractivity contribution >= 4 is 11.9 Å². The average molecular weight is 358 g/mol. The quantitative estimate of drug-likeness (QED) is 0.789. The van der Waals surface area contributed by atoms with Crippen LogP contribution in [0.1, 0.15) is 40.3 Å². The van der Waals surface area contributed by atoms with Crippen LogP contribution in [0.5, 0.6) is 11.5 Å². The minimum atomic E-state index is -1.13. The van der Waals surface area contributed by atoms with E-state index in [2.05, 4.69) is 10.3 Å². The van der Waals surface area contributed by atoms with Crippen molar-refractivity contribution < 1.29 is 24.2 Å². The van der Waals surface area contributed by atoms with E-state index in [-0.39, 0.29) is 17.0 Å². The molecule has 0 radical (unpaired) electrons. The van der Waals surface area contributed by atoms with Crippen molar-refractivity contribution in [1.29, 1.82) is 0 Å². The Balaban J connectivity index is 2.09. The Kier molecular flexibility index (Phi) is 5.82. The van der Waals surface area contributed by atoms with Crippen LogP contribution in [0.4, 0.5) is 0 Å². The van der Waals surface area contributed by atoms with Gasteiger partial charge in [0.1, 0.15) is 5.69 Å². The second kappa shape index (κ2) is 7.86. The molecule has 1 aromatic heterocycles. The van der Waals surface area contributed by atoms with Crippen molar-refractivity contribution in [1.82, 2.24) is 10.3 Å². The molecule has 0 fully saturated rings. The number of aromatic carboxylic acids is 1. The second-order valence-corrected chi connectivity index (χ2v) is 6.37. The van der Waals surface area contributed by atoms with Crippen LogP contribution in [0.3, 0.4) is 0 Å². The number of nitrogens with zero attached hydrogens (tertiary/aromatic N) is 1. The normalized spacial score (nSPS) is 10.9. The van der Waals surface area contributed by atoms with E-state index < -0.39 is 5.97 Å². The van der Waals surface area contributed by atoms with Crippen LogP contribution in [-0.4, -0.2) is 42.7 Å². The maximum absolute atomic E-state index is 12.3. The third kappa shape index (κ3) is 4.30. The van der Waals surface area contributed by atoms with Gasteiger partial charge in [0, 0.05) is 18.2 Å².